The maximum atomic E-state index is 13.0. The van der Waals surface area contributed by atoms with Gasteiger partial charge < -0.3 is 20.7 Å². The zero-order valence-corrected chi connectivity index (χ0v) is 14.4. The molecule has 3 aromatic rings. The SMILES string of the molecule is NC(=O)c1c(C(=O)N2CCC(CO)CC2)ccc2c1[nH]c1ccccc12. The third kappa shape index (κ3) is 2.63. The number of primary amides is 1. The van der Waals surface area contributed by atoms with Crippen molar-refractivity contribution in [3.63, 3.8) is 0 Å². The molecular weight excluding hydrogens is 330 g/mol. The minimum Gasteiger partial charge on any atom is -0.396 e. The van der Waals surface area contributed by atoms with Crippen molar-refractivity contribution >= 4 is 33.6 Å². The fourth-order valence-corrected chi connectivity index (χ4v) is 3.84. The summed E-state index contributed by atoms with van der Waals surface area (Å²) in [6.07, 6.45) is 1.53. The number of carbonyl (C=O) groups excluding carboxylic acids is 2. The van der Waals surface area contributed by atoms with E-state index in [2.05, 4.69) is 4.98 Å². The minimum atomic E-state index is -0.615. The average molecular weight is 351 g/mol. The molecular formula is C20H21N3O3. The van der Waals surface area contributed by atoms with Crippen LogP contribution in [0.3, 0.4) is 0 Å². The number of benzene rings is 2. The number of rotatable bonds is 3. The van der Waals surface area contributed by atoms with Gasteiger partial charge in [-0.2, -0.15) is 0 Å². The number of H-pyrrole nitrogens is 1. The number of carbonyl (C=O) groups is 2. The molecule has 1 aliphatic rings. The van der Waals surface area contributed by atoms with Gasteiger partial charge in [-0.1, -0.05) is 24.3 Å². The second-order valence-corrected chi connectivity index (χ2v) is 6.86. The zero-order chi connectivity index (χ0) is 18.3. The van der Waals surface area contributed by atoms with Crippen LogP contribution in [-0.2, 0) is 0 Å². The first-order valence-corrected chi connectivity index (χ1v) is 8.83. The molecule has 26 heavy (non-hydrogen) atoms. The lowest BCUT2D eigenvalue weighted by molar-refractivity contribution is 0.0647. The van der Waals surface area contributed by atoms with Gasteiger partial charge in [-0.25, -0.2) is 0 Å². The van der Waals surface area contributed by atoms with Crippen molar-refractivity contribution in [3.8, 4) is 0 Å². The first kappa shape index (κ1) is 16.6. The van der Waals surface area contributed by atoms with E-state index in [9.17, 15) is 14.7 Å². The van der Waals surface area contributed by atoms with Crippen LogP contribution in [-0.4, -0.2) is 46.5 Å². The van der Waals surface area contributed by atoms with Gasteiger partial charge in [-0.05, 0) is 30.9 Å². The van der Waals surface area contributed by atoms with E-state index in [1.807, 2.05) is 30.3 Å². The second kappa shape index (κ2) is 6.46. The number of aromatic amines is 1. The van der Waals surface area contributed by atoms with Gasteiger partial charge in [0.1, 0.15) is 0 Å². The van der Waals surface area contributed by atoms with Gasteiger partial charge >= 0.3 is 0 Å². The molecule has 2 aromatic carbocycles. The van der Waals surface area contributed by atoms with Crippen LogP contribution in [0.4, 0.5) is 0 Å². The average Bonchev–Trinajstić information content (AvgIpc) is 3.05. The van der Waals surface area contributed by atoms with Crippen LogP contribution < -0.4 is 5.73 Å². The molecule has 1 fully saturated rings. The summed E-state index contributed by atoms with van der Waals surface area (Å²) in [5, 5.41) is 11.1. The number of amides is 2. The van der Waals surface area contributed by atoms with Gasteiger partial charge in [-0.3, -0.25) is 9.59 Å². The minimum absolute atomic E-state index is 0.148. The Morgan fingerprint density at radius 3 is 2.54 bits per heavy atom. The number of piperidine rings is 1. The van der Waals surface area contributed by atoms with E-state index in [0.29, 0.717) is 24.2 Å². The molecule has 0 saturated carbocycles. The van der Waals surface area contributed by atoms with Crippen molar-refractivity contribution < 1.29 is 14.7 Å². The number of aliphatic hydroxyl groups is 1. The van der Waals surface area contributed by atoms with Crippen LogP contribution in [0.5, 0.6) is 0 Å². The van der Waals surface area contributed by atoms with Crippen molar-refractivity contribution in [2.75, 3.05) is 19.7 Å². The van der Waals surface area contributed by atoms with E-state index >= 15 is 0 Å². The number of likely N-dealkylation sites (tertiary alicyclic amines) is 1. The van der Waals surface area contributed by atoms with E-state index in [1.165, 1.54) is 0 Å². The number of nitrogens with zero attached hydrogens (tertiary/aromatic N) is 1. The van der Waals surface area contributed by atoms with E-state index in [1.54, 1.807) is 11.0 Å². The highest BCUT2D eigenvalue weighted by molar-refractivity contribution is 6.19. The molecule has 0 bridgehead atoms. The summed E-state index contributed by atoms with van der Waals surface area (Å²) in [5.41, 5.74) is 7.73. The molecule has 0 unspecified atom stereocenters. The fraction of sp³-hybridized carbons (Fsp3) is 0.300. The third-order valence-corrected chi connectivity index (χ3v) is 5.32. The maximum absolute atomic E-state index is 13.0. The van der Waals surface area contributed by atoms with Crippen molar-refractivity contribution in [1.82, 2.24) is 9.88 Å². The van der Waals surface area contributed by atoms with Crippen LogP contribution in [0.15, 0.2) is 36.4 Å². The fourth-order valence-electron chi connectivity index (χ4n) is 3.84. The van der Waals surface area contributed by atoms with Gasteiger partial charge in [0.05, 0.1) is 16.6 Å². The lowest BCUT2D eigenvalue weighted by Crippen LogP contribution is -2.40. The molecule has 0 aliphatic carbocycles. The Morgan fingerprint density at radius 1 is 1.12 bits per heavy atom. The summed E-state index contributed by atoms with van der Waals surface area (Å²) >= 11 is 0. The molecule has 134 valence electrons. The highest BCUT2D eigenvalue weighted by Crippen LogP contribution is 2.30. The molecule has 4 rings (SSSR count). The summed E-state index contributed by atoms with van der Waals surface area (Å²) in [6.45, 7) is 1.30. The predicted octanol–water partition coefficient (Wildman–Crippen LogP) is 2.26. The second-order valence-electron chi connectivity index (χ2n) is 6.86. The van der Waals surface area contributed by atoms with Crippen LogP contribution in [0, 0.1) is 5.92 Å². The summed E-state index contributed by atoms with van der Waals surface area (Å²) in [7, 11) is 0. The van der Waals surface area contributed by atoms with Gasteiger partial charge in [0.25, 0.3) is 11.8 Å². The molecule has 0 radical (unpaired) electrons. The smallest absolute Gasteiger partial charge is 0.254 e. The molecule has 4 N–H and O–H groups in total. The number of fused-ring (bicyclic) bond motifs is 3. The number of hydrogen-bond acceptors (Lipinski definition) is 3. The zero-order valence-electron chi connectivity index (χ0n) is 14.4. The molecule has 0 atom stereocenters. The Labute approximate surface area is 150 Å². The molecule has 1 aliphatic heterocycles. The molecule has 1 saturated heterocycles. The van der Waals surface area contributed by atoms with Crippen LogP contribution >= 0.6 is 0 Å². The Balaban J connectivity index is 1.80. The highest BCUT2D eigenvalue weighted by atomic mass is 16.3. The van der Waals surface area contributed by atoms with E-state index in [4.69, 9.17) is 5.73 Å². The molecule has 1 aromatic heterocycles. The first-order valence-electron chi connectivity index (χ1n) is 8.83. The highest BCUT2D eigenvalue weighted by Gasteiger charge is 2.27. The topological polar surface area (TPSA) is 99.4 Å². The predicted molar refractivity (Wildman–Crippen MR) is 100 cm³/mol. The lowest BCUT2D eigenvalue weighted by atomic mass is 9.96. The van der Waals surface area contributed by atoms with E-state index in [-0.39, 0.29) is 24.0 Å². The Hall–Kier alpha value is -2.86. The molecule has 0 spiro atoms. The summed E-state index contributed by atoms with van der Waals surface area (Å²) in [4.78, 5) is 30.2. The van der Waals surface area contributed by atoms with Gasteiger partial charge in [0, 0.05) is 36.0 Å². The number of nitrogens with two attached hydrogens (primary N) is 1. The van der Waals surface area contributed by atoms with Crippen molar-refractivity contribution in [1.29, 1.82) is 0 Å². The Morgan fingerprint density at radius 2 is 1.85 bits per heavy atom. The first-order chi connectivity index (χ1) is 12.6. The number of aliphatic hydroxyl groups excluding tert-OH is 1. The monoisotopic (exact) mass is 351 g/mol. The van der Waals surface area contributed by atoms with Crippen molar-refractivity contribution in [2.24, 2.45) is 11.7 Å². The summed E-state index contributed by atoms with van der Waals surface area (Å²) in [6, 6.07) is 11.3. The van der Waals surface area contributed by atoms with Gasteiger partial charge in [0.15, 0.2) is 0 Å². The number of nitrogens with one attached hydrogen (secondary N) is 1. The molecule has 6 nitrogen and oxygen atoms in total. The standard InChI is InChI=1S/C20H21N3O3/c21-19(25)17-15(20(26)23-9-7-12(11-24)8-10-23)6-5-14-13-3-1-2-4-16(13)22-18(14)17/h1-6,12,22,24H,7-11H2,(H2,21,25). The summed E-state index contributed by atoms with van der Waals surface area (Å²) < 4.78 is 0. The number of hydrogen-bond donors (Lipinski definition) is 3. The third-order valence-electron chi connectivity index (χ3n) is 5.32. The molecule has 2 heterocycles. The number of para-hydroxylation sites is 1. The van der Waals surface area contributed by atoms with Crippen molar-refractivity contribution in [3.05, 3.63) is 47.5 Å². The maximum Gasteiger partial charge on any atom is 0.254 e. The van der Waals surface area contributed by atoms with Crippen molar-refractivity contribution in [2.45, 2.75) is 12.8 Å². The lowest BCUT2D eigenvalue weighted by Gasteiger charge is -2.31. The van der Waals surface area contributed by atoms with Gasteiger partial charge in [-0.15, -0.1) is 0 Å². The van der Waals surface area contributed by atoms with E-state index in [0.717, 1.165) is 29.1 Å². The van der Waals surface area contributed by atoms with Crippen LogP contribution in [0.2, 0.25) is 0 Å². The Bertz CT molecular complexity index is 1000. The molecule has 6 heteroatoms. The Kier molecular flexibility index (Phi) is 4.12. The number of aromatic nitrogens is 1. The van der Waals surface area contributed by atoms with Gasteiger partial charge in [0.2, 0.25) is 0 Å². The quantitative estimate of drug-likeness (QED) is 0.675. The van der Waals surface area contributed by atoms with Crippen LogP contribution in [0.25, 0.3) is 21.8 Å². The van der Waals surface area contributed by atoms with Crippen LogP contribution in [0.1, 0.15) is 33.6 Å². The van der Waals surface area contributed by atoms with E-state index < -0.39 is 5.91 Å². The normalized spacial score (nSPS) is 15.7. The summed E-state index contributed by atoms with van der Waals surface area (Å²) in [5.74, 6) is -0.558. The molecule has 2 amide bonds. The largest absolute Gasteiger partial charge is 0.396 e.